The van der Waals surface area contributed by atoms with Crippen molar-refractivity contribution in [2.24, 2.45) is 0 Å². The number of carbonyl (C=O) groups excluding carboxylic acids is 1. The lowest BCUT2D eigenvalue weighted by molar-refractivity contribution is 0.0341. The number of aromatic nitrogens is 4. The molecule has 1 aliphatic rings. The second kappa shape index (κ2) is 10.5. The third-order valence-electron chi connectivity index (χ3n) is 5.68. The number of nitrogens with zero attached hydrogens (tertiary/aromatic N) is 5. The van der Waals surface area contributed by atoms with Gasteiger partial charge in [-0.1, -0.05) is 22.9 Å². The van der Waals surface area contributed by atoms with Crippen LogP contribution in [-0.2, 0) is 17.8 Å². The number of halogens is 1. The highest BCUT2D eigenvalue weighted by Crippen LogP contribution is 2.22. The van der Waals surface area contributed by atoms with E-state index in [1.807, 2.05) is 24.3 Å². The summed E-state index contributed by atoms with van der Waals surface area (Å²) in [5.41, 5.74) is 3.18. The quantitative estimate of drug-likeness (QED) is 0.411. The standard InChI is InChI=1S/C24H23ClN6O3S/c25-22-7-6-21(35-22)24(33)26-14-18-16-31(28-27-18)20-5-4-19(30-8-2-1-3-23(30)32)13-17(20)15-29-9-11-34-12-10-29/h1-8,13,16H,9-12,14-15H2,(H,26,33). The Morgan fingerprint density at radius 1 is 1.14 bits per heavy atom. The van der Waals surface area contributed by atoms with E-state index in [-0.39, 0.29) is 18.0 Å². The van der Waals surface area contributed by atoms with E-state index in [9.17, 15) is 9.59 Å². The lowest BCUT2D eigenvalue weighted by Gasteiger charge is -2.27. The Morgan fingerprint density at radius 2 is 2.00 bits per heavy atom. The average molecular weight is 511 g/mol. The molecule has 0 saturated carbocycles. The zero-order valence-electron chi connectivity index (χ0n) is 18.8. The van der Waals surface area contributed by atoms with Gasteiger partial charge in [-0.2, -0.15) is 0 Å². The summed E-state index contributed by atoms with van der Waals surface area (Å²) >= 11 is 7.15. The number of hydrogen-bond acceptors (Lipinski definition) is 7. The molecular formula is C24H23ClN6O3S. The van der Waals surface area contributed by atoms with E-state index in [4.69, 9.17) is 16.3 Å². The molecule has 0 atom stereocenters. The average Bonchev–Trinajstić information content (AvgIpc) is 3.53. The summed E-state index contributed by atoms with van der Waals surface area (Å²) < 4.78 is 9.38. The molecule has 35 heavy (non-hydrogen) atoms. The number of rotatable bonds is 7. The van der Waals surface area contributed by atoms with Gasteiger partial charge in [0.25, 0.3) is 11.5 Å². The van der Waals surface area contributed by atoms with Crippen LogP contribution in [0.2, 0.25) is 4.34 Å². The zero-order valence-corrected chi connectivity index (χ0v) is 20.3. The molecule has 1 saturated heterocycles. The number of hydrogen-bond donors (Lipinski definition) is 1. The van der Waals surface area contributed by atoms with E-state index in [0.29, 0.717) is 34.7 Å². The molecule has 9 nitrogen and oxygen atoms in total. The molecule has 1 amide bonds. The minimum absolute atomic E-state index is 0.0941. The van der Waals surface area contributed by atoms with Gasteiger partial charge >= 0.3 is 0 Å². The highest BCUT2D eigenvalue weighted by molar-refractivity contribution is 7.17. The fourth-order valence-electron chi connectivity index (χ4n) is 3.90. The first-order valence-electron chi connectivity index (χ1n) is 11.1. The van der Waals surface area contributed by atoms with Crippen molar-refractivity contribution >= 4 is 28.8 Å². The van der Waals surface area contributed by atoms with Crippen LogP contribution in [0.3, 0.4) is 0 Å². The van der Waals surface area contributed by atoms with Crippen molar-refractivity contribution < 1.29 is 9.53 Å². The van der Waals surface area contributed by atoms with Crippen molar-refractivity contribution in [2.45, 2.75) is 13.1 Å². The topological polar surface area (TPSA) is 94.3 Å². The zero-order chi connectivity index (χ0) is 24.2. The monoisotopic (exact) mass is 510 g/mol. The third-order valence-corrected chi connectivity index (χ3v) is 6.91. The van der Waals surface area contributed by atoms with Crippen LogP contribution in [0.4, 0.5) is 0 Å². The van der Waals surface area contributed by atoms with E-state index < -0.39 is 0 Å². The van der Waals surface area contributed by atoms with Gasteiger partial charge in [-0.05, 0) is 42.0 Å². The Bertz CT molecular complexity index is 1390. The number of nitrogens with one attached hydrogen (secondary N) is 1. The number of benzene rings is 1. The molecule has 11 heteroatoms. The van der Waals surface area contributed by atoms with Crippen LogP contribution in [0.5, 0.6) is 0 Å². The van der Waals surface area contributed by atoms with Crippen LogP contribution in [0.15, 0.2) is 65.7 Å². The lowest BCUT2D eigenvalue weighted by Crippen LogP contribution is -2.36. The molecule has 1 N–H and O–H groups in total. The molecule has 1 aromatic carbocycles. The molecule has 4 aromatic rings. The first-order valence-corrected chi connectivity index (χ1v) is 12.3. The molecule has 4 heterocycles. The second-order valence-electron chi connectivity index (χ2n) is 8.05. The molecule has 0 unspecified atom stereocenters. The van der Waals surface area contributed by atoms with Gasteiger partial charge in [-0.15, -0.1) is 16.4 Å². The predicted molar refractivity (Wildman–Crippen MR) is 134 cm³/mol. The van der Waals surface area contributed by atoms with E-state index >= 15 is 0 Å². The number of thiophene rings is 1. The minimum atomic E-state index is -0.206. The number of pyridine rings is 1. The lowest BCUT2D eigenvalue weighted by atomic mass is 10.1. The Morgan fingerprint density at radius 3 is 2.77 bits per heavy atom. The molecule has 0 spiro atoms. The molecule has 0 bridgehead atoms. The van der Waals surface area contributed by atoms with E-state index in [2.05, 4.69) is 20.5 Å². The van der Waals surface area contributed by atoms with Crippen LogP contribution < -0.4 is 10.9 Å². The van der Waals surface area contributed by atoms with E-state index in [1.165, 1.54) is 17.4 Å². The maximum absolute atomic E-state index is 12.4. The maximum atomic E-state index is 12.4. The fourth-order valence-corrected chi connectivity index (χ4v) is 4.86. The van der Waals surface area contributed by atoms with Gasteiger partial charge in [0.15, 0.2) is 0 Å². The molecule has 3 aromatic heterocycles. The van der Waals surface area contributed by atoms with Crippen molar-refractivity contribution in [3.63, 3.8) is 0 Å². The summed E-state index contributed by atoms with van der Waals surface area (Å²) in [5.74, 6) is -0.206. The third kappa shape index (κ3) is 5.51. The number of morpholine rings is 1. The molecular weight excluding hydrogens is 488 g/mol. The molecule has 180 valence electrons. The van der Waals surface area contributed by atoms with Crippen molar-refractivity contribution in [1.82, 2.24) is 29.8 Å². The summed E-state index contributed by atoms with van der Waals surface area (Å²) in [5, 5.41) is 11.4. The van der Waals surface area contributed by atoms with Crippen LogP contribution in [0, 0.1) is 0 Å². The fraction of sp³-hybridized carbons (Fsp3) is 0.250. The van der Waals surface area contributed by atoms with Crippen LogP contribution in [0.1, 0.15) is 20.9 Å². The number of amides is 1. The van der Waals surface area contributed by atoms with E-state index in [0.717, 1.165) is 30.0 Å². The van der Waals surface area contributed by atoms with Gasteiger partial charge in [0.2, 0.25) is 0 Å². The highest BCUT2D eigenvalue weighted by atomic mass is 35.5. The molecule has 1 aliphatic heterocycles. The Hall–Kier alpha value is -3.31. The predicted octanol–water partition coefficient (Wildman–Crippen LogP) is 2.90. The number of ether oxygens (including phenoxy) is 1. The Balaban J connectivity index is 1.40. The minimum Gasteiger partial charge on any atom is -0.379 e. The van der Waals surface area contributed by atoms with Gasteiger partial charge in [-0.25, -0.2) is 4.68 Å². The van der Waals surface area contributed by atoms with Crippen molar-refractivity contribution in [2.75, 3.05) is 26.3 Å². The van der Waals surface area contributed by atoms with Gasteiger partial charge in [-0.3, -0.25) is 19.1 Å². The SMILES string of the molecule is O=C(NCc1cn(-c2ccc(-n3ccccc3=O)cc2CN2CCOCC2)nn1)c1ccc(Cl)s1. The molecule has 5 rings (SSSR count). The molecule has 1 fully saturated rings. The normalized spacial score (nSPS) is 14.2. The Labute approximate surface area is 210 Å². The first kappa shape index (κ1) is 23.4. The van der Waals surface area contributed by atoms with Gasteiger partial charge in [0, 0.05) is 37.6 Å². The number of carbonyl (C=O) groups is 1. The smallest absolute Gasteiger partial charge is 0.261 e. The molecule has 0 aliphatic carbocycles. The Kier molecular flexibility index (Phi) is 7.05. The van der Waals surface area contributed by atoms with E-state index in [1.54, 1.807) is 39.8 Å². The summed E-state index contributed by atoms with van der Waals surface area (Å²) in [6.07, 6.45) is 3.56. The summed E-state index contributed by atoms with van der Waals surface area (Å²) in [4.78, 5) is 27.6. The highest BCUT2D eigenvalue weighted by Gasteiger charge is 2.16. The van der Waals surface area contributed by atoms with Gasteiger partial charge in [0.1, 0.15) is 5.69 Å². The largest absolute Gasteiger partial charge is 0.379 e. The van der Waals surface area contributed by atoms with Gasteiger partial charge < -0.3 is 10.1 Å². The summed E-state index contributed by atoms with van der Waals surface area (Å²) in [6, 6.07) is 14.3. The van der Waals surface area contributed by atoms with Crippen molar-refractivity contribution in [3.05, 3.63) is 91.7 Å². The maximum Gasteiger partial charge on any atom is 0.261 e. The van der Waals surface area contributed by atoms with Gasteiger partial charge in [0.05, 0.1) is 40.9 Å². The van der Waals surface area contributed by atoms with Crippen LogP contribution in [0.25, 0.3) is 11.4 Å². The summed E-state index contributed by atoms with van der Waals surface area (Å²) in [6.45, 7) is 3.96. The molecule has 0 radical (unpaired) electrons. The van der Waals surface area contributed by atoms with Crippen molar-refractivity contribution in [1.29, 1.82) is 0 Å². The first-order chi connectivity index (χ1) is 17.1. The van der Waals surface area contributed by atoms with Crippen molar-refractivity contribution in [3.8, 4) is 11.4 Å². The van der Waals surface area contributed by atoms with Crippen LogP contribution >= 0.6 is 22.9 Å². The summed E-state index contributed by atoms with van der Waals surface area (Å²) in [7, 11) is 0. The van der Waals surface area contributed by atoms with Crippen LogP contribution in [-0.4, -0.2) is 56.7 Å². The second-order valence-corrected chi connectivity index (χ2v) is 9.77.